The highest BCUT2D eigenvalue weighted by atomic mass is 16.5. The number of hydrogen-bond acceptors (Lipinski definition) is 6. The van der Waals surface area contributed by atoms with Crippen LogP contribution in [0, 0.1) is 5.41 Å². The molecule has 0 aliphatic carbocycles. The minimum absolute atomic E-state index is 0.0568. The number of fused-ring (bicyclic) bond motifs is 1. The summed E-state index contributed by atoms with van der Waals surface area (Å²) >= 11 is 0. The first-order valence-electron chi connectivity index (χ1n) is 12.2. The van der Waals surface area contributed by atoms with Crippen LogP contribution in [-0.4, -0.2) is 57.2 Å². The van der Waals surface area contributed by atoms with E-state index in [1.165, 1.54) is 6.42 Å². The van der Waals surface area contributed by atoms with Crippen LogP contribution < -0.4 is 25.2 Å². The van der Waals surface area contributed by atoms with Gasteiger partial charge in [-0.05, 0) is 61.0 Å². The van der Waals surface area contributed by atoms with Crippen LogP contribution >= 0.6 is 0 Å². The summed E-state index contributed by atoms with van der Waals surface area (Å²) in [5.74, 6) is 1.56. The molecule has 3 fully saturated rings. The third-order valence-electron chi connectivity index (χ3n) is 7.56. The molecule has 1 atom stereocenters. The monoisotopic (exact) mass is 461 g/mol. The predicted octanol–water partition coefficient (Wildman–Crippen LogP) is 3.36. The number of anilines is 1. The number of nitrogens with zero attached hydrogens (tertiary/aromatic N) is 2. The average Bonchev–Trinajstić information content (AvgIpc) is 3.53. The third-order valence-corrected chi connectivity index (χ3v) is 7.56. The van der Waals surface area contributed by atoms with E-state index in [0.29, 0.717) is 17.4 Å². The van der Waals surface area contributed by atoms with Gasteiger partial charge < -0.3 is 24.4 Å². The molecule has 1 aromatic heterocycles. The molecule has 3 aliphatic rings. The molecule has 0 radical (unpaired) electrons. The molecule has 1 spiro atoms. The number of pyridine rings is 1. The summed E-state index contributed by atoms with van der Waals surface area (Å²) in [6.07, 6.45) is 5.32. The standard InChI is InChI=1S/C27H31N3O4/c1-32-25-14-20(4-7-24(25)29-11-9-27(18-29)16-28-17-27)30-10-8-19-13-21(5-6-23(19)26(30)31)34-15-22-3-2-12-33-22/h4-8,10,13-14,22,28H,2-3,9,11-12,15-18H2,1H3/t22-/m0/s1. The van der Waals surface area contributed by atoms with E-state index in [0.717, 1.165) is 73.9 Å². The van der Waals surface area contributed by atoms with Gasteiger partial charge in [0.15, 0.2) is 0 Å². The van der Waals surface area contributed by atoms with Crippen LogP contribution in [0.2, 0.25) is 0 Å². The van der Waals surface area contributed by atoms with Gasteiger partial charge in [0, 0.05) is 55.9 Å². The number of hydrogen-bond donors (Lipinski definition) is 1. The molecule has 2 aromatic carbocycles. The second-order valence-corrected chi connectivity index (χ2v) is 9.82. The highest BCUT2D eigenvalue weighted by molar-refractivity contribution is 5.83. The van der Waals surface area contributed by atoms with Crippen molar-refractivity contribution < 1.29 is 14.2 Å². The molecule has 3 saturated heterocycles. The third kappa shape index (κ3) is 3.83. The first-order chi connectivity index (χ1) is 16.6. The van der Waals surface area contributed by atoms with E-state index in [9.17, 15) is 4.79 Å². The van der Waals surface area contributed by atoms with Crippen molar-refractivity contribution in [2.75, 3.05) is 51.4 Å². The van der Waals surface area contributed by atoms with Crippen LogP contribution in [-0.2, 0) is 4.74 Å². The normalized spacial score (nSPS) is 21.2. The van der Waals surface area contributed by atoms with Crippen LogP contribution in [0.25, 0.3) is 16.5 Å². The summed E-state index contributed by atoms with van der Waals surface area (Å²) in [6, 6.07) is 13.7. The highest BCUT2D eigenvalue weighted by Gasteiger charge is 2.43. The fourth-order valence-corrected chi connectivity index (χ4v) is 5.47. The molecule has 7 nitrogen and oxygen atoms in total. The van der Waals surface area contributed by atoms with Gasteiger partial charge in [-0.1, -0.05) is 0 Å². The maximum Gasteiger partial charge on any atom is 0.262 e. The number of aromatic nitrogens is 1. The quantitative estimate of drug-likeness (QED) is 0.607. The van der Waals surface area contributed by atoms with Gasteiger partial charge in [-0.25, -0.2) is 0 Å². The maximum absolute atomic E-state index is 13.3. The first-order valence-corrected chi connectivity index (χ1v) is 12.2. The lowest BCUT2D eigenvalue weighted by atomic mass is 9.81. The van der Waals surface area contributed by atoms with Crippen LogP contribution in [0.1, 0.15) is 19.3 Å². The lowest BCUT2D eigenvalue weighted by Gasteiger charge is -2.39. The van der Waals surface area contributed by atoms with E-state index in [2.05, 4.69) is 16.3 Å². The van der Waals surface area contributed by atoms with E-state index in [4.69, 9.17) is 14.2 Å². The maximum atomic E-state index is 13.3. The Morgan fingerprint density at radius 1 is 1.18 bits per heavy atom. The van der Waals surface area contributed by atoms with Crippen molar-refractivity contribution in [2.24, 2.45) is 5.41 Å². The van der Waals surface area contributed by atoms with Gasteiger partial charge in [-0.3, -0.25) is 9.36 Å². The molecule has 34 heavy (non-hydrogen) atoms. The minimum atomic E-state index is -0.0568. The molecule has 0 bridgehead atoms. The molecule has 4 heterocycles. The summed E-state index contributed by atoms with van der Waals surface area (Å²) in [5, 5.41) is 4.94. The highest BCUT2D eigenvalue weighted by Crippen LogP contribution is 2.40. The Bertz CT molecular complexity index is 1260. The van der Waals surface area contributed by atoms with Crippen molar-refractivity contribution in [2.45, 2.75) is 25.4 Å². The summed E-state index contributed by atoms with van der Waals surface area (Å²) in [7, 11) is 1.70. The molecule has 0 saturated carbocycles. The number of ether oxygens (including phenoxy) is 3. The van der Waals surface area contributed by atoms with Crippen molar-refractivity contribution >= 4 is 16.5 Å². The summed E-state index contributed by atoms with van der Waals surface area (Å²) in [6.45, 7) is 5.62. The Labute approximate surface area is 199 Å². The van der Waals surface area contributed by atoms with E-state index in [1.54, 1.807) is 11.7 Å². The summed E-state index contributed by atoms with van der Waals surface area (Å²) in [5.41, 5.74) is 2.24. The number of rotatable bonds is 6. The number of methoxy groups -OCH3 is 1. The Hall–Kier alpha value is -3.03. The van der Waals surface area contributed by atoms with Crippen molar-refractivity contribution in [1.29, 1.82) is 0 Å². The van der Waals surface area contributed by atoms with Crippen molar-refractivity contribution in [3.63, 3.8) is 0 Å². The molecule has 3 aliphatic heterocycles. The Morgan fingerprint density at radius 2 is 2.09 bits per heavy atom. The summed E-state index contributed by atoms with van der Waals surface area (Å²) in [4.78, 5) is 15.7. The molecule has 6 rings (SSSR count). The minimum Gasteiger partial charge on any atom is -0.495 e. The van der Waals surface area contributed by atoms with Gasteiger partial charge in [0.05, 0.1) is 24.6 Å². The zero-order valence-corrected chi connectivity index (χ0v) is 19.6. The number of nitrogens with one attached hydrogen (secondary N) is 1. The lowest BCUT2D eigenvalue weighted by molar-refractivity contribution is 0.0680. The van der Waals surface area contributed by atoms with E-state index < -0.39 is 0 Å². The molecule has 7 heteroatoms. The zero-order valence-electron chi connectivity index (χ0n) is 19.6. The first kappa shape index (κ1) is 21.5. The predicted molar refractivity (Wildman–Crippen MR) is 133 cm³/mol. The second-order valence-electron chi connectivity index (χ2n) is 9.82. The van der Waals surface area contributed by atoms with Crippen molar-refractivity contribution in [3.8, 4) is 17.2 Å². The smallest absolute Gasteiger partial charge is 0.262 e. The zero-order chi connectivity index (χ0) is 23.1. The molecule has 3 aromatic rings. The molecule has 1 N–H and O–H groups in total. The van der Waals surface area contributed by atoms with E-state index in [1.807, 2.05) is 42.6 Å². The SMILES string of the molecule is COc1cc(-n2ccc3cc(OC[C@@H]4CCCO4)ccc3c2=O)ccc1N1CCC2(CNC2)C1. The van der Waals surface area contributed by atoms with Crippen LogP contribution in [0.3, 0.4) is 0 Å². The van der Waals surface area contributed by atoms with Gasteiger partial charge in [-0.15, -0.1) is 0 Å². The van der Waals surface area contributed by atoms with Crippen LogP contribution in [0.4, 0.5) is 5.69 Å². The average molecular weight is 462 g/mol. The van der Waals surface area contributed by atoms with Gasteiger partial charge in [-0.2, -0.15) is 0 Å². The second kappa shape index (κ2) is 8.64. The van der Waals surface area contributed by atoms with E-state index in [-0.39, 0.29) is 11.7 Å². The fourth-order valence-electron chi connectivity index (χ4n) is 5.47. The molecule has 0 amide bonds. The van der Waals surface area contributed by atoms with Gasteiger partial charge in [0.25, 0.3) is 5.56 Å². The molecule has 0 unspecified atom stereocenters. The van der Waals surface area contributed by atoms with Crippen LogP contribution in [0.5, 0.6) is 11.5 Å². The van der Waals surface area contributed by atoms with E-state index >= 15 is 0 Å². The fraction of sp³-hybridized carbons (Fsp3) is 0.444. The largest absolute Gasteiger partial charge is 0.495 e. The van der Waals surface area contributed by atoms with Crippen molar-refractivity contribution in [1.82, 2.24) is 9.88 Å². The summed E-state index contributed by atoms with van der Waals surface area (Å²) < 4.78 is 19.0. The van der Waals surface area contributed by atoms with Gasteiger partial charge >= 0.3 is 0 Å². The topological polar surface area (TPSA) is 65.0 Å². The van der Waals surface area contributed by atoms with Gasteiger partial charge in [0.1, 0.15) is 18.1 Å². The Morgan fingerprint density at radius 3 is 2.82 bits per heavy atom. The Kier molecular flexibility index (Phi) is 5.46. The number of benzene rings is 2. The molecular weight excluding hydrogens is 430 g/mol. The lowest BCUT2D eigenvalue weighted by Crippen LogP contribution is -2.54. The van der Waals surface area contributed by atoms with Crippen molar-refractivity contribution in [3.05, 3.63) is 59.0 Å². The molecule has 178 valence electrons. The van der Waals surface area contributed by atoms with Crippen LogP contribution in [0.15, 0.2) is 53.5 Å². The van der Waals surface area contributed by atoms with Gasteiger partial charge in [0.2, 0.25) is 0 Å². The Balaban J connectivity index is 1.25. The molecular formula is C27H31N3O4.